The molecule has 0 aliphatic rings. The first kappa shape index (κ1) is 13.8. The Morgan fingerprint density at radius 1 is 1.09 bits per heavy atom. The van der Waals surface area contributed by atoms with Crippen molar-refractivity contribution in [3.8, 4) is 0 Å². The van der Waals surface area contributed by atoms with E-state index in [9.17, 15) is 0 Å². The molecule has 11 heavy (non-hydrogen) atoms. The third-order valence-corrected chi connectivity index (χ3v) is 1.71. The second-order valence-electron chi connectivity index (χ2n) is 3.21. The fourth-order valence-electron chi connectivity index (χ4n) is 1.26. The first-order valence-corrected chi connectivity index (χ1v) is 4.05. The second-order valence-corrected chi connectivity index (χ2v) is 3.21. The van der Waals surface area contributed by atoms with Crippen LogP contribution in [0.2, 0.25) is 0 Å². The zero-order chi connectivity index (χ0) is 8.15. The minimum atomic E-state index is 0. The molecule has 0 unspecified atom stereocenters. The van der Waals surface area contributed by atoms with Crippen molar-refractivity contribution >= 4 is 12.4 Å². The van der Waals surface area contributed by atoms with Crippen LogP contribution in [0, 0.1) is 0 Å². The lowest BCUT2D eigenvalue weighted by Crippen LogP contribution is -2.40. The zero-order valence-electron chi connectivity index (χ0n) is 8.00. The average Bonchev–Trinajstić information content (AvgIpc) is 1.81. The van der Waals surface area contributed by atoms with Gasteiger partial charge < -0.3 is 5.73 Å². The molecule has 0 fully saturated rings. The van der Waals surface area contributed by atoms with Crippen LogP contribution in [-0.2, 0) is 0 Å². The Hall–Kier alpha value is 0.210. The van der Waals surface area contributed by atoms with Crippen LogP contribution in [0.3, 0.4) is 0 Å². The summed E-state index contributed by atoms with van der Waals surface area (Å²) in [5.41, 5.74) is 5.46. The van der Waals surface area contributed by atoms with E-state index in [1.165, 1.54) is 0 Å². The highest BCUT2D eigenvalue weighted by molar-refractivity contribution is 5.85. The van der Waals surface area contributed by atoms with Crippen molar-refractivity contribution in [2.24, 2.45) is 5.73 Å². The molecule has 2 N–H and O–H groups in total. The fraction of sp³-hybridized carbons (Fsp3) is 1.00. The van der Waals surface area contributed by atoms with Gasteiger partial charge in [-0.3, -0.25) is 4.90 Å². The van der Waals surface area contributed by atoms with Gasteiger partial charge in [0.1, 0.15) is 0 Å². The van der Waals surface area contributed by atoms with Gasteiger partial charge in [0.25, 0.3) is 0 Å². The summed E-state index contributed by atoms with van der Waals surface area (Å²) in [6, 6.07) is 1.23. The van der Waals surface area contributed by atoms with Crippen LogP contribution < -0.4 is 5.73 Å². The molecule has 0 saturated heterocycles. The van der Waals surface area contributed by atoms with E-state index in [0.717, 1.165) is 13.1 Å². The molecule has 0 aliphatic heterocycles. The number of hydrogen-bond acceptors (Lipinski definition) is 2. The van der Waals surface area contributed by atoms with Crippen molar-refractivity contribution in [3.05, 3.63) is 0 Å². The Kier molecular flexibility index (Phi) is 8.63. The minimum absolute atomic E-state index is 0. The molecular weight excluding hydrogens is 160 g/mol. The Morgan fingerprint density at radius 2 is 1.45 bits per heavy atom. The SMILES string of the molecule is CC(C)N(CCN)C(C)C.Cl. The summed E-state index contributed by atoms with van der Waals surface area (Å²) >= 11 is 0. The van der Waals surface area contributed by atoms with Gasteiger partial charge in [-0.2, -0.15) is 0 Å². The summed E-state index contributed by atoms with van der Waals surface area (Å²) in [6.45, 7) is 10.6. The van der Waals surface area contributed by atoms with Gasteiger partial charge in [0.05, 0.1) is 0 Å². The predicted molar refractivity (Wildman–Crippen MR) is 53.3 cm³/mol. The molecule has 0 atom stereocenters. The summed E-state index contributed by atoms with van der Waals surface area (Å²) in [4.78, 5) is 2.39. The number of nitrogens with two attached hydrogens (primary N) is 1. The van der Waals surface area contributed by atoms with Crippen molar-refractivity contribution in [3.63, 3.8) is 0 Å². The van der Waals surface area contributed by atoms with Crippen LogP contribution in [0.15, 0.2) is 0 Å². The van der Waals surface area contributed by atoms with Gasteiger partial charge in [0, 0.05) is 25.2 Å². The van der Waals surface area contributed by atoms with Crippen LogP contribution in [0.25, 0.3) is 0 Å². The molecule has 0 heterocycles. The van der Waals surface area contributed by atoms with Gasteiger partial charge in [-0.05, 0) is 27.7 Å². The van der Waals surface area contributed by atoms with Gasteiger partial charge in [-0.1, -0.05) is 0 Å². The van der Waals surface area contributed by atoms with Gasteiger partial charge in [0.15, 0.2) is 0 Å². The molecule has 70 valence electrons. The van der Waals surface area contributed by atoms with Crippen LogP contribution in [0.5, 0.6) is 0 Å². The average molecular weight is 181 g/mol. The zero-order valence-corrected chi connectivity index (χ0v) is 8.82. The summed E-state index contributed by atoms with van der Waals surface area (Å²) in [5, 5.41) is 0. The van der Waals surface area contributed by atoms with E-state index in [4.69, 9.17) is 5.73 Å². The molecule has 0 rings (SSSR count). The smallest absolute Gasteiger partial charge is 0.0110 e. The molecule has 0 bridgehead atoms. The molecular formula is C8H21ClN2. The highest BCUT2D eigenvalue weighted by atomic mass is 35.5. The normalized spacial score (nSPS) is 10.9. The lowest BCUT2D eigenvalue weighted by atomic mass is 10.2. The number of rotatable bonds is 4. The quantitative estimate of drug-likeness (QED) is 0.711. The molecule has 0 aliphatic carbocycles. The largest absolute Gasteiger partial charge is 0.329 e. The fourth-order valence-corrected chi connectivity index (χ4v) is 1.26. The Bertz CT molecular complexity index is 76.2. The van der Waals surface area contributed by atoms with Crippen LogP contribution >= 0.6 is 12.4 Å². The summed E-state index contributed by atoms with van der Waals surface area (Å²) in [5.74, 6) is 0. The van der Waals surface area contributed by atoms with E-state index >= 15 is 0 Å². The molecule has 0 aromatic rings. The molecule has 0 aromatic carbocycles. The summed E-state index contributed by atoms with van der Waals surface area (Å²) < 4.78 is 0. The van der Waals surface area contributed by atoms with E-state index in [1.54, 1.807) is 0 Å². The van der Waals surface area contributed by atoms with Gasteiger partial charge in [0.2, 0.25) is 0 Å². The molecule has 2 nitrogen and oxygen atoms in total. The highest BCUT2D eigenvalue weighted by Crippen LogP contribution is 2.02. The van der Waals surface area contributed by atoms with E-state index in [-0.39, 0.29) is 12.4 Å². The lowest BCUT2D eigenvalue weighted by molar-refractivity contribution is 0.180. The van der Waals surface area contributed by atoms with Crippen molar-refractivity contribution in [1.82, 2.24) is 4.90 Å². The topological polar surface area (TPSA) is 29.3 Å². The van der Waals surface area contributed by atoms with E-state index in [0.29, 0.717) is 12.1 Å². The third-order valence-electron chi connectivity index (χ3n) is 1.71. The second kappa shape index (κ2) is 6.89. The summed E-state index contributed by atoms with van der Waals surface area (Å²) in [6.07, 6.45) is 0. The maximum Gasteiger partial charge on any atom is 0.0110 e. The summed E-state index contributed by atoms with van der Waals surface area (Å²) in [7, 11) is 0. The maximum atomic E-state index is 5.46. The van der Waals surface area contributed by atoms with Crippen molar-refractivity contribution in [2.45, 2.75) is 39.8 Å². The molecule has 0 saturated carbocycles. The van der Waals surface area contributed by atoms with Crippen LogP contribution in [0.4, 0.5) is 0 Å². The molecule has 0 spiro atoms. The molecule has 3 heteroatoms. The number of hydrogen-bond donors (Lipinski definition) is 1. The predicted octanol–water partition coefficient (Wildman–Crippen LogP) is 1.49. The molecule has 0 radical (unpaired) electrons. The lowest BCUT2D eigenvalue weighted by Gasteiger charge is -2.29. The molecule has 0 amide bonds. The monoisotopic (exact) mass is 180 g/mol. The highest BCUT2D eigenvalue weighted by Gasteiger charge is 2.10. The number of halogens is 1. The van der Waals surface area contributed by atoms with Crippen LogP contribution in [-0.4, -0.2) is 30.1 Å². The van der Waals surface area contributed by atoms with E-state index < -0.39 is 0 Å². The minimum Gasteiger partial charge on any atom is -0.329 e. The van der Waals surface area contributed by atoms with E-state index in [1.807, 2.05) is 0 Å². The standard InChI is InChI=1S/C8H20N2.ClH/c1-7(2)10(6-5-9)8(3)4;/h7-8H,5-6,9H2,1-4H3;1H. The van der Waals surface area contributed by atoms with E-state index in [2.05, 4.69) is 32.6 Å². The third kappa shape index (κ3) is 5.48. The van der Waals surface area contributed by atoms with Crippen LogP contribution in [0.1, 0.15) is 27.7 Å². The van der Waals surface area contributed by atoms with Gasteiger partial charge in [-0.15, -0.1) is 12.4 Å². The first-order chi connectivity index (χ1) is 4.59. The number of nitrogens with zero attached hydrogens (tertiary/aromatic N) is 1. The Balaban J connectivity index is 0. The van der Waals surface area contributed by atoms with Crippen molar-refractivity contribution in [2.75, 3.05) is 13.1 Å². The Labute approximate surface area is 76.5 Å². The van der Waals surface area contributed by atoms with Crippen molar-refractivity contribution < 1.29 is 0 Å². The Morgan fingerprint density at radius 3 is 1.55 bits per heavy atom. The maximum absolute atomic E-state index is 5.46. The van der Waals surface area contributed by atoms with Gasteiger partial charge >= 0.3 is 0 Å². The first-order valence-electron chi connectivity index (χ1n) is 4.05. The van der Waals surface area contributed by atoms with Crippen molar-refractivity contribution in [1.29, 1.82) is 0 Å². The molecule has 0 aromatic heterocycles. The van der Waals surface area contributed by atoms with Gasteiger partial charge in [-0.25, -0.2) is 0 Å².